The van der Waals surface area contributed by atoms with Crippen molar-refractivity contribution in [1.29, 1.82) is 0 Å². The molecule has 0 spiro atoms. The normalized spacial score (nSPS) is 10.5. The Morgan fingerprint density at radius 1 is 1.53 bits per heavy atom. The van der Waals surface area contributed by atoms with Crippen molar-refractivity contribution in [2.45, 2.75) is 6.42 Å². The molecule has 1 heterocycles. The van der Waals surface area contributed by atoms with Crippen LogP contribution in [0.3, 0.4) is 0 Å². The van der Waals surface area contributed by atoms with Gasteiger partial charge in [0.2, 0.25) is 0 Å². The van der Waals surface area contributed by atoms with Crippen molar-refractivity contribution >= 4 is 17.6 Å². The third-order valence-corrected chi connectivity index (χ3v) is 2.92. The van der Waals surface area contributed by atoms with Gasteiger partial charge in [0.05, 0.1) is 5.56 Å². The number of aryl methyl sites for hydroxylation is 1. The molecule has 5 heteroatoms. The highest BCUT2D eigenvalue weighted by Crippen LogP contribution is 2.20. The summed E-state index contributed by atoms with van der Waals surface area (Å²) in [5.74, 6) is -0.0922. The van der Waals surface area contributed by atoms with Crippen LogP contribution in [-0.2, 0) is 13.5 Å². The van der Waals surface area contributed by atoms with Gasteiger partial charge in [-0.15, -0.1) is 0 Å². The van der Waals surface area contributed by atoms with E-state index in [9.17, 15) is 4.79 Å². The number of halogens is 1. The van der Waals surface area contributed by atoms with Crippen LogP contribution in [0.15, 0.2) is 30.6 Å². The van der Waals surface area contributed by atoms with Crippen molar-refractivity contribution in [2.24, 2.45) is 7.05 Å². The molecule has 1 N–H and O–H groups in total. The first-order valence-corrected chi connectivity index (χ1v) is 5.43. The van der Waals surface area contributed by atoms with Crippen molar-refractivity contribution in [1.82, 2.24) is 9.55 Å². The van der Waals surface area contributed by atoms with Crippen LogP contribution in [0.5, 0.6) is 0 Å². The standard InChI is InChI=1S/C12H11ClN2O2/c1-15-5-4-14-11(15)7-8-2-3-9(12(16)17)6-10(8)13/h2-6H,7H2,1H3,(H,16,17). The molecule has 1 aromatic heterocycles. The third kappa shape index (κ3) is 2.47. The topological polar surface area (TPSA) is 55.1 Å². The van der Waals surface area contributed by atoms with Crippen molar-refractivity contribution in [3.05, 3.63) is 52.6 Å². The fourth-order valence-corrected chi connectivity index (χ4v) is 1.81. The summed E-state index contributed by atoms with van der Waals surface area (Å²) in [5.41, 5.74) is 1.06. The largest absolute Gasteiger partial charge is 0.478 e. The van der Waals surface area contributed by atoms with Crippen LogP contribution in [0.1, 0.15) is 21.7 Å². The Kier molecular flexibility index (Phi) is 3.15. The molecular formula is C12H11ClN2O2. The van der Waals surface area contributed by atoms with Gasteiger partial charge in [0.25, 0.3) is 0 Å². The van der Waals surface area contributed by atoms with Gasteiger partial charge in [-0.3, -0.25) is 0 Å². The Bertz CT molecular complexity index is 563. The molecule has 0 radical (unpaired) electrons. The number of carboxylic acid groups (broad SMARTS) is 1. The summed E-state index contributed by atoms with van der Waals surface area (Å²) in [5, 5.41) is 9.28. The summed E-state index contributed by atoms with van der Waals surface area (Å²) in [6, 6.07) is 4.73. The fourth-order valence-electron chi connectivity index (χ4n) is 1.56. The van der Waals surface area contributed by atoms with E-state index in [0.717, 1.165) is 11.4 Å². The van der Waals surface area contributed by atoms with Gasteiger partial charge >= 0.3 is 5.97 Å². The Hall–Kier alpha value is -1.81. The number of imidazole rings is 1. The molecule has 17 heavy (non-hydrogen) atoms. The molecule has 0 saturated carbocycles. The van der Waals surface area contributed by atoms with Crippen LogP contribution in [-0.4, -0.2) is 20.6 Å². The van der Waals surface area contributed by atoms with Crippen LogP contribution in [0.25, 0.3) is 0 Å². The lowest BCUT2D eigenvalue weighted by Crippen LogP contribution is -2.01. The Morgan fingerprint density at radius 2 is 2.29 bits per heavy atom. The van der Waals surface area contributed by atoms with Gasteiger partial charge in [-0.05, 0) is 17.7 Å². The highest BCUT2D eigenvalue weighted by molar-refractivity contribution is 6.31. The number of aromatic carboxylic acids is 1. The van der Waals surface area contributed by atoms with E-state index in [2.05, 4.69) is 4.98 Å². The molecule has 0 amide bonds. The zero-order valence-electron chi connectivity index (χ0n) is 9.22. The SMILES string of the molecule is Cn1ccnc1Cc1ccc(C(=O)O)cc1Cl. The van der Waals surface area contributed by atoms with Gasteiger partial charge in [-0.25, -0.2) is 9.78 Å². The average Bonchev–Trinajstić information content (AvgIpc) is 2.67. The van der Waals surface area contributed by atoms with E-state index in [1.807, 2.05) is 17.8 Å². The monoisotopic (exact) mass is 250 g/mol. The van der Waals surface area contributed by atoms with Crippen molar-refractivity contribution in [2.75, 3.05) is 0 Å². The highest BCUT2D eigenvalue weighted by Gasteiger charge is 2.09. The molecule has 0 fully saturated rings. The van der Waals surface area contributed by atoms with Crippen LogP contribution >= 0.6 is 11.6 Å². The maximum atomic E-state index is 10.8. The third-order valence-electron chi connectivity index (χ3n) is 2.57. The maximum Gasteiger partial charge on any atom is 0.335 e. The average molecular weight is 251 g/mol. The minimum absolute atomic E-state index is 0.193. The van der Waals surface area contributed by atoms with E-state index in [-0.39, 0.29) is 5.56 Å². The van der Waals surface area contributed by atoms with E-state index < -0.39 is 5.97 Å². The second kappa shape index (κ2) is 4.59. The molecule has 0 saturated heterocycles. The maximum absolute atomic E-state index is 10.8. The van der Waals surface area contributed by atoms with E-state index in [1.165, 1.54) is 6.07 Å². The van der Waals surface area contributed by atoms with Crippen LogP contribution in [0.2, 0.25) is 5.02 Å². The van der Waals surface area contributed by atoms with Gasteiger partial charge < -0.3 is 9.67 Å². The molecule has 0 aliphatic rings. The molecule has 0 bridgehead atoms. The molecule has 0 unspecified atom stereocenters. The number of rotatable bonds is 3. The number of benzene rings is 1. The molecule has 0 aliphatic heterocycles. The van der Waals surface area contributed by atoms with E-state index in [1.54, 1.807) is 18.3 Å². The molecule has 1 aromatic carbocycles. The summed E-state index contributed by atoms with van der Waals surface area (Å²) >= 11 is 6.04. The summed E-state index contributed by atoms with van der Waals surface area (Å²) in [7, 11) is 1.90. The molecule has 88 valence electrons. The second-order valence-electron chi connectivity index (χ2n) is 3.74. The summed E-state index contributed by atoms with van der Waals surface area (Å²) < 4.78 is 1.90. The molecule has 0 atom stereocenters. The minimum atomic E-state index is -0.976. The van der Waals surface area contributed by atoms with E-state index in [0.29, 0.717) is 11.4 Å². The number of hydrogen-bond acceptors (Lipinski definition) is 2. The highest BCUT2D eigenvalue weighted by atomic mass is 35.5. The summed E-state index contributed by atoms with van der Waals surface area (Å²) in [6.45, 7) is 0. The van der Waals surface area contributed by atoms with Gasteiger partial charge in [0.15, 0.2) is 0 Å². The lowest BCUT2D eigenvalue weighted by Gasteiger charge is -2.05. The Balaban J connectivity index is 2.29. The molecule has 4 nitrogen and oxygen atoms in total. The summed E-state index contributed by atoms with van der Waals surface area (Å²) in [4.78, 5) is 15.0. The Morgan fingerprint density at radius 3 is 2.82 bits per heavy atom. The molecular weight excluding hydrogens is 240 g/mol. The van der Waals surface area contributed by atoms with Crippen LogP contribution < -0.4 is 0 Å². The van der Waals surface area contributed by atoms with Crippen LogP contribution in [0.4, 0.5) is 0 Å². The molecule has 2 aromatic rings. The lowest BCUT2D eigenvalue weighted by atomic mass is 10.1. The van der Waals surface area contributed by atoms with Gasteiger partial charge in [0.1, 0.15) is 5.82 Å². The second-order valence-corrected chi connectivity index (χ2v) is 4.15. The predicted molar refractivity (Wildman–Crippen MR) is 64.4 cm³/mol. The smallest absolute Gasteiger partial charge is 0.335 e. The minimum Gasteiger partial charge on any atom is -0.478 e. The predicted octanol–water partition coefficient (Wildman–Crippen LogP) is 2.36. The van der Waals surface area contributed by atoms with E-state index >= 15 is 0 Å². The van der Waals surface area contributed by atoms with Crippen molar-refractivity contribution in [3.8, 4) is 0 Å². The number of carbonyl (C=O) groups is 1. The van der Waals surface area contributed by atoms with Crippen molar-refractivity contribution in [3.63, 3.8) is 0 Å². The first-order valence-electron chi connectivity index (χ1n) is 5.06. The molecule has 2 rings (SSSR count). The lowest BCUT2D eigenvalue weighted by molar-refractivity contribution is 0.0697. The summed E-state index contributed by atoms with van der Waals surface area (Å²) in [6.07, 6.45) is 4.16. The number of hydrogen-bond donors (Lipinski definition) is 1. The first kappa shape index (κ1) is 11.7. The fraction of sp³-hybridized carbons (Fsp3) is 0.167. The number of carboxylic acids is 1. The molecule has 0 aliphatic carbocycles. The quantitative estimate of drug-likeness (QED) is 0.910. The number of aromatic nitrogens is 2. The van der Waals surface area contributed by atoms with Gasteiger partial charge in [0, 0.05) is 30.9 Å². The van der Waals surface area contributed by atoms with Gasteiger partial charge in [-0.1, -0.05) is 17.7 Å². The Labute approximate surface area is 103 Å². The van der Waals surface area contributed by atoms with Gasteiger partial charge in [-0.2, -0.15) is 0 Å². The first-order chi connectivity index (χ1) is 8.08. The van der Waals surface area contributed by atoms with Crippen molar-refractivity contribution < 1.29 is 9.90 Å². The zero-order valence-corrected chi connectivity index (χ0v) is 9.98. The van der Waals surface area contributed by atoms with E-state index in [4.69, 9.17) is 16.7 Å². The van der Waals surface area contributed by atoms with Crippen LogP contribution in [0, 0.1) is 0 Å². The zero-order chi connectivity index (χ0) is 12.4. The number of nitrogens with zero attached hydrogens (tertiary/aromatic N) is 2.